The predicted molar refractivity (Wildman–Crippen MR) is 73.8 cm³/mol. The van der Waals surface area contributed by atoms with E-state index in [1.54, 1.807) is 0 Å². The van der Waals surface area contributed by atoms with Gasteiger partial charge in [0.15, 0.2) is 0 Å². The van der Waals surface area contributed by atoms with Crippen molar-refractivity contribution in [2.75, 3.05) is 32.7 Å². The Balaban J connectivity index is 1.80. The highest BCUT2D eigenvalue weighted by Crippen LogP contribution is 2.28. The Morgan fingerprint density at radius 3 is 2.37 bits per heavy atom. The third-order valence-electron chi connectivity index (χ3n) is 4.08. The van der Waals surface area contributed by atoms with Crippen LogP contribution in [0.3, 0.4) is 0 Å². The van der Waals surface area contributed by atoms with E-state index in [-0.39, 0.29) is 11.9 Å². The molecule has 0 radical (unpaired) electrons. The molecule has 0 unspecified atom stereocenters. The average molecular weight is 267 g/mol. The summed E-state index contributed by atoms with van der Waals surface area (Å²) >= 11 is 0. The van der Waals surface area contributed by atoms with Gasteiger partial charge in [-0.3, -0.25) is 4.79 Å². The topological polar surface area (TPSA) is 52.7 Å². The third-order valence-corrected chi connectivity index (χ3v) is 4.08. The molecule has 2 rings (SSSR count). The van der Waals surface area contributed by atoms with Crippen LogP contribution in [0.25, 0.3) is 0 Å². The summed E-state index contributed by atoms with van der Waals surface area (Å²) in [5.74, 6) is 0.572. The van der Waals surface area contributed by atoms with Crippen LogP contribution in [0.2, 0.25) is 0 Å². The Hall–Kier alpha value is -1.26. The van der Waals surface area contributed by atoms with E-state index in [1.807, 2.05) is 16.7 Å². The molecule has 1 aliphatic carbocycles. The first-order valence-corrected chi connectivity index (χ1v) is 7.54. The molecular weight excluding hydrogens is 242 g/mol. The maximum atomic E-state index is 12.2. The lowest BCUT2D eigenvalue weighted by molar-refractivity contribution is -0.138. The zero-order valence-electron chi connectivity index (χ0n) is 11.9. The molecule has 5 nitrogen and oxygen atoms in total. The molecule has 1 saturated heterocycles. The van der Waals surface area contributed by atoms with E-state index in [1.165, 1.54) is 6.42 Å². The van der Waals surface area contributed by atoms with E-state index in [9.17, 15) is 9.59 Å². The highest BCUT2D eigenvalue weighted by atomic mass is 16.2. The quantitative estimate of drug-likeness (QED) is 0.841. The number of amides is 3. The Morgan fingerprint density at radius 1 is 1.05 bits per heavy atom. The highest BCUT2D eigenvalue weighted by Gasteiger charge is 2.30. The van der Waals surface area contributed by atoms with Crippen LogP contribution in [0, 0.1) is 5.92 Å². The van der Waals surface area contributed by atoms with E-state index < -0.39 is 0 Å². The second-order valence-electron chi connectivity index (χ2n) is 5.53. The molecule has 2 aliphatic rings. The molecule has 2 fully saturated rings. The van der Waals surface area contributed by atoms with Gasteiger partial charge in [-0.25, -0.2) is 4.79 Å². The normalized spacial score (nSPS) is 20.7. The van der Waals surface area contributed by atoms with Gasteiger partial charge < -0.3 is 15.1 Å². The van der Waals surface area contributed by atoms with Gasteiger partial charge in [-0.15, -0.1) is 0 Å². The van der Waals surface area contributed by atoms with Crippen LogP contribution >= 0.6 is 0 Å². The number of nitrogens with zero attached hydrogens (tertiary/aromatic N) is 2. The number of hydrogen-bond acceptors (Lipinski definition) is 2. The summed E-state index contributed by atoms with van der Waals surface area (Å²) in [6, 6.07) is 0.0137. The summed E-state index contributed by atoms with van der Waals surface area (Å²) in [7, 11) is 0. The van der Waals surface area contributed by atoms with Gasteiger partial charge in [0.25, 0.3) is 0 Å². The number of rotatable bonds is 3. The molecule has 1 saturated carbocycles. The van der Waals surface area contributed by atoms with Gasteiger partial charge in [0.05, 0.1) is 0 Å². The SMILES string of the molecule is CCCNC(=O)N1CCCN(C(=O)C2CCC2)CC1. The second kappa shape index (κ2) is 6.78. The first kappa shape index (κ1) is 14.2. The number of carbonyl (C=O) groups is 2. The van der Waals surface area contributed by atoms with E-state index in [0.717, 1.165) is 45.3 Å². The van der Waals surface area contributed by atoms with Gasteiger partial charge in [0.1, 0.15) is 0 Å². The first-order chi connectivity index (χ1) is 9.22. The summed E-state index contributed by atoms with van der Waals surface area (Å²) in [6.45, 7) is 5.67. The molecule has 1 heterocycles. The molecule has 108 valence electrons. The van der Waals surface area contributed by atoms with Crippen molar-refractivity contribution in [2.24, 2.45) is 5.92 Å². The molecule has 5 heteroatoms. The number of carbonyl (C=O) groups excluding carboxylic acids is 2. The molecule has 0 spiro atoms. The van der Waals surface area contributed by atoms with Crippen molar-refractivity contribution in [2.45, 2.75) is 39.0 Å². The van der Waals surface area contributed by atoms with Gasteiger partial charge in [-0.2, -0.15) is 0 Å². The fraction of sp³-hybridized carbons (Fsp3) is 0.857. The van der Waals surface area contributed by atoms with Crippen LogP contribution in [-0.4, -0.2) is 54.5 Å². The van der Waals surface area contributed by atoms with Crippen molar-refractivity contribution in [3.05, 3.63) is 0 Å². The summed E-state index contributed by atoms with van der Waals surface area (Å²) in [5, 5.41) is 2.90. The minimum atomic E-state index is 0.0137. The standard InChI is InChI=1S/C14H25N3O2/c1-2-7-15-14(19)17-9-4-8-16(10-11-17)13(18)12-5-3-6-12/h12H,2-11H2,1H3,(H,15,19). The van der Waals surface area contributed by atoms with Gasteiger partial charge in [0.2, 0.25) is 5.91 Å². The summed E-state index contributed by atoms with van der Waals surface area (Å²) in [6.07, 6.45) is 5.13. The van der Waals surface area contributed by atoms with Gasteiger partial charge >= 0.3 is 6.03 Å². The minimum absolute atomic E-state index is 0.0137. The molecule has 19 heavy (non-hydrogen) atoms. The fourth-order valence-electron chi connectivity index (χ4n) is 2.60. The van der Waals surface area contributed by atoms with Crippen LogP contribution < -0.4 is 5.32 Å². The Morgan fingerprint density at radius 2 is 1.74 bits per heavy atom. The van der Waals surface area contributed by atoms with Crippen molar-refractivity contribution in [3.8, 4) is 0 Å². The largest absolute Gasteiger partial charge is 0.341 e. The molecule has 0 atom stereocenters. The lowest BCUT2D eigenvalue weighted by atomic mass is 9.84. The number of hydrogen-bond donors (Lipinski definition) is 1. The molecule has 0 bridgehead atoms. The Kier molecular flexibility index (Phi) is 5.05. The molecule has 0 aromatic rings. The lowest BCUT2D eigenvalue weighted by Gasteiger charge is -2.31. The van der Waals surface area contributed by atoms with E-state index in [4.69, 9.17) is 0 Å². The van der Waals surface area contributed by atoms with Crippen LogP contribution in [0.15, 0.2) is 0 Å². The van der Waals surface area contributed by atoms with Crippen molar-refractivity contribution < 1.29 is 9.59 Å². The average Bonchev–Trinajstić information content (AvgIpc) is 2.59. The smallest absolute Gasteiger partial charge is 0.317 e. The summed E-state index contributed by atoms with van der Waals surface area (Å²) in [4.78, 5) is 27.9. The van der Waals surface area contributed by atoms with Crippen molar-refractivity contribution >= 4 is 11.9 Å². The zero-order valence-corrected chi connectivity index (χ0v) is 11.9. The van der Waals surface area contributed by atoms with E-state index >= 15 is 0 Å². The zero-order chi connectivity index (χ0) is 13.7. The van der Waals surface area contributed by atoms with Crippen LogP contribution in [0.5, 0.6) is 0 Å². The van der Waals surface area contributed by atoms with Crippen molar-refractivity contribution in [1.82, 2.24) is 15.1 Å². The third kappa shape index (κ3) is 3.61. The highest BCUT2D eigenvalue weighted by molar-refractivity contribution is 5.80. The lowest BCUT2D eigenvalue weighted by Crippen LogP contribution is -2.44. The van der Waals surface area contributed by atoms with E-state index in [0.29, 0.717) is 19.0 Å². The Bertz CT molecular complexity index is 329. The monoisotopic (exact) mass is 267 g/mol. The maximum absolute atomic E-state index is 12.2. The number of nitrogens with one attached hydrogen (secondary N) is 1. The van der Waals surface area contributed by atoms with Crippen LogP contribution in [0.1, 0.15) is 39.0 Å². The van der Waals surface area contributed by atoms with Crippen molar-refractivity contribution in [3.63, 3.8) is 0 Å². The molecule has 3 amide bonds. The van der Waals surface area contributed by atoms with Gasteiger partial charge in [-0.05, 0) is 25.7 Å². The van der Waals surface area contributed by atoms with Gasteiger partial charge in [-0.1, -0.05) is 13.3 Å². The molecular formula is C14H25N3O2. The molecule has 0 aromatic carbocycles. The second-order valence-corrected chi connectivity index (χ2v) is 5.53. The van der Waals surface area contributed by atoms with Crippen LogP contribution in [0.4, 0.5) is 4.79 Å². The molecule has 1 N–H and O–H groups in total. The maximum Gasteiger partial charge on any atom is 0.317 e. The molecule has 0 aromatic heterocycles. The minimum Gasteiger partial charge on any atom is -0.341 e. The van der Waals surface area contributed by atoms with Crippen LogP contribution in [-0.2, 0) is 4.79 Å². The van der Waals surface area contributed by atoms with Gasteiger partial charge in [0, 0.05) is 38.6 Å². The number of urea groups is 1. The summed E-state index contributed by atoms with van der Waals surface area (Å²) in [5.41, 5.74) is 0. The fourth-order valence-corrected chi connectivity index (χ4v) is 2.60. The predicted octanol–water partition coefficient (Wildman–Crippen LogP) is 1.44. The summed E-state index contributed by atoms with van der Waals surface area (Å²) < 4.78 is 0. The van der Waals surface area contributed by atoms with Crippen molar-refractivity contribution in [1.29, 1.82) is 0 Å². The first-order valence-electron chi connectivity index (χ1n) is 7.54. The Labute approximate surface area is 115 Å². The van der Waals surface area contributed by atoms with E-state index in [2.05, 4.69) is 5.32 Å². The molecule has 1 aliphatic heterocycles.